The van der Waals surface area contributed by atoms with E-state index in [1.54, 1.807) is 12.1 Å². The van der Waals surface area contributed by atoms with Gasteiger partial charge in [0.05, 0.1) is 15.6 Å². The summed E-state index contributed by atoms with van der Waals surface area (Å²) in [5.74, 6) is -0.254. The van der Waals surface area contributed by atoms with Crippen LogP contribution >= 0.6 is 31.9 Å². The van der Waals surface area contributed by atoms with E-state index >= 15 is 0 Å². The van der Waals surface area contributed by atoms with E-state index in [9.17, 15) is 4.79 Å². The van der Waals surface area contributed by atoms with Crippen molar-refractivity contribution in [2.45, 2.75) is 6.92 Å². The molecule has 0 atom stereocenters. The average Bonchev–Trinajstić information content (AvgIpc) is 2.20. The number of aliphatic carboxylic acids is 1. The van der Waals surface area contributed by atoms with E-state index in [1.807, 2.05) is 6.92 Å². The van der Waals surface area contributed by atoms with Crippen molar-refractivity contribution in [2.75, 3.05) is 6.61 Å². The minimum absolute atomic E-state index is 0.571. The molecule has 0 aliphatic rings. The van der Waals surface area contributed by atoms with Crippen molar-refractivity contribution in [1.82, 2.24) is 0 Å². The van der Waals surface area contributed by atoms with Crippen LogP contribution in [0.25, 0.3) is 6.08 Å². The van der Waals surface area contributed by atoms with Crippen molar-refractivity contribution < 1.29 is 14.6 Å². The second-order valence-corrected chi connectivity index (χ2v) is 4.63. The van der Waals surface area contributed by atoms with Gasteiger partial charge in [0.15, 0.2) is 0 Å². The van der Waals surface area contributed by atoms with Crippen LogP contribution in [0.3, 0.4) is 0 Å². The van der Waals surface area contributed by atoms with E-state index in [0.717, 1.165) is 26.3 Å². The molecule has 86 valence electrons. The number of carboxylic acids is 1. The Balaban J connectivity index is 3.04. The number of carbonyl (C=O) groups is 1. The van der Waals surface area contributed by atoms with E-state index in [4.69, 9.17) is 9.84 Å². The highest BCUT2D eigenvalue weighted by atomic mass is 79.9. The molecule has 0 saturated carbocycles. The lowest BCUT2D eigenvalue weighted by Crippen LogP contribution is -1.94. The Morgan fingerprint density at radius 1 is 1.44 bits per heavy atom. The van der Waals surface area contributed by atoms with Crippen LogP contribution in [-0.2, 0) is 4.79 Å². The molecular formula is C11H10Br2O3. The fourth-order valence-electron chi connectivity index (χ4n) is 1.13. The molecule has 0 fully saturated rings. The van der Waals surface area contributed by atoms with Crippen LogP contribution in [0.5, 0.6) is 5.75 Å². The van der Waals surface area contributed by atoms with E-state index < -0.39 is 5.97 Å². The van der Waals surface area contributed by atoms with Gasteiger partial charge in [-0.25, -0.2) is 4.79 Å². The van der Waals surface area contributed by atoms with Crippen LogP contribution in [-0.4, -0.2) is 17.7 Å². The maximum absolute atomic E-state index is 10.4. The minimum atomic E-state index is -0.971. The lowest BCUT2D eigenvalue weighted by Gasteiger charge is -2.09. The normalized spacial score (nSPS) is 10.7. The molecule has 1 rings (SSSR count). The maximum Gasteiger partial charge on any atom is 0.328 e. The van der Waals surface area contributed by atoms with Crippen LogP contribution in [0.4, 0.5) is 0 Å². The molecule has 0 heterocycles. The Bertz CT molecular complexity index is 404. The Kier molecular flexibility index (Phi) is 5.02. The van der Waals surface area contributed by atoms with Gasteiger partial charge in [0.1, 0.15) is 5.75 Å². The molecule has 0 aliphatic heterocycles. The molecule has 0 unspecified atom stereocenters. The monoisotopic (exact) mass is 348 g/mol. The summed E-state index contributed by atoms with van der Waals surface area (Å²) in [6.45, 7) is 2.47. The molecule has 0 amide bonds. The summed E-state index contributed by atoms with van der Waals surface area (Å²) in [4.78, 5) is 10.4. The van der Waals surface area contributed by atoms with Gasteiger partial charge in [-0.3, -0.25) is 0 Å². The average molecular weight is 350 g/mol. The Morgan fingerprint density at radius 2 is 2.00 bits per heavy atom. The highest BCUT2D eigenvalue weighted by Gasteiger charge is 2.07. The first kappa shape index (κ1) is 13.3. The molecule has 0 spiro atoms. The number of ether oxygens (including phenoxy) is 1. The summed E-state index contributed by atoms with van der Waals surface area (Å²) in [7, 11) is 0. The molecule has 1 aromatic rings. The SMILES string of the molecule is CCOc1c(Br)cc(C=CC(=O)O)cc1Br. The highest BCUT2D eigenvalue weighted by molar-refractivity contribution is 9.11. The molecule has 5 heteroatoms. The van der Waals surface area contributed by atoms with Gasteiger partial charge in [-0.1, -0.05) is 0 Å². The van der Waals surface area contributed by atoms with Gasteiger partial charge in [-0.15, -0.1) is 0 Å². The maximum atomic E-state index is 10.4. The van der Waals surface area contributed by atoms with Gasteiger partial charge in [-0.2, -0.15) is 0 Å². The summed E-state index contributed by atoms with van der Waals surface area (Å²) in [6.07, 6.45) is 2.61. The van der Waals surface area contributed by atoms with Crippen molar-refractivity contribution in [1.29, 1.82) is 0 Å². The topological polar surface area (TPSA) is 46.5 Å². The summed E-state index contributed by atoms with van der Waals surface area (Å²) in [6, 6.07) is 3.60. The fraction of sp³-hybridized carbons (Fsp3) is 0.182. The third kappa shape index (κ3) is 3.64. The standard InChI is InChI=1S/C11H10Br2O3/c1-2-16-11-8(12)5-7(6-9(11)13)3-4-10(14)15/h3-6H,2H2,1H3,(H,14,15). The van der Waals surface area contributed by atoms with E-state index in [0.29, 0.717) is 6.61 Å². The predicted molar refractivity (Wildman–Crippen MR) is 69.7 cm³/mol. The molecule has 0 saturated heterocycles. The van der Waals surface area contributed by atoms with Crippen LogP contribution in [0.1, 0.15) is 12.5 Å². The number of carboxylic acid groups (broad SMARTS) is 1. The molecule has 0 radical (unpaired) electrons. The molecule has 1 aromatic carbocycles. The lowest BCUT2D eigenvalue weighted by atomic mass is 10.2. The van der Waals surface area contributed by atoms with Crippen LogP contribution in [0.2, 0.25) is 0 Å². The predicted octanol–water partition coefficient (Wildman–Crippen LogP) is 3.71. The smallest absolute Gasteiger partial charge is 0.328 e. The zero-order chi connectivity index (χ0) is 12.1. The van der Waals surface area contributed by atoms with Gasteiger partial charge in [-0.05, 0) is 62.6 Å². The third-order valence-electron chi connectivity index (χ3n) is 1.73. The Hall–Kier alpha value is -0.810. The summed E-state index contributed by atoms with van der Waals surface area (Å²) >= 11 is 6.74. The number of hydrogen-bond donors (Lipinski definition) is 1. The number of benzene rings is 1. The number of halogens is 2. The van der Waals surface area contributed by atoms with Gasteiger partial charge < -0.3 is 9.84 Å². The van der Waals surface area contributed by atoms with E-state index in [-0.39, 0.29) is 0 Å². The van der Waals surface area contributed by atoms with Gasteiger partial charge in [0.2, 0.25) is 0 Å². The Morgan fingerprint density at radius 3 is 2.44 bits per heavy atom. The van der Waals surface area contributed by atoms with Crippen LogP contribution < -0.4 is 4.74 Å². The van der Waals surface area contributed by atoms with Crippen LogP contribution in [0.15, 0.2) is 27.2 Å². The fourth-order valence-corrected chi connectivity index (χ4v) is 2.58. The second kappa shape index (κ2) is 6.06. The van der Waals surface area contributed by atoms with E-state index in [1.165, 1.54) is 6.08 Å². The molecule has 0 aliphatic carbocycles. The van der Waals surface area contributed by atoms with Gasteiger partial charge >= 0.3 is 5.97 Å². The number of rotatable bonds is 4. The summed E-state index contributed by atoms with van der Waals surface area (Å²) < 4.78 is 6.99. The number of hydrogen-bond acceptors (Lipinski definition) is 2. The van der Waals surface area contributed by atoms with Crippen molar-refractivity contribution in [2.24, 2.45) is 0 Å². The van der Waals surface area contributed by atoms with Crippen molar-refractivity contribution in [3.05, 3.63) is 32.7 Å². The van der Waals surface area contributed by atoms with Crippen molar-refractivity contribution in [3.63, 3.8) is 0 Å². The van der Waals surface area contributed by atoms with Crippen molar-refractivity contribution in [3.8, 4) is 5.75 Å². The molecule has 3 nitrogen and oxygen atoms in total. The zero-order valence-electron chi connectivity index (χ0n) is 8.54. The first-order valence-electron chi connectivity index (χ1n) is 4.57. The minimum Gasteiger partial charge on any atom is -0.492 e. The third-order valence-corrected chi connectivity index (χ3v) is 2.91. The lowest BCUT2D eigenvalue weighted by molar-refractivity contribution is -0.131. The van der Waals surface area contributed by atoms with Crippen LogP contribution in [0, 0.1) is 0 Å². The largest absolute Gasteiger partial charge is 0.492 e. The molecule has 0 aromatic heterocycles. The Labute approximate surface area is 110 Å². The molecule has 1 N–H and O–H groups in total. The second-order valence-electron chi connectivity index (χ2n) is 2.92. The first-order valence-corrected chi connectivity index (χ1v) is 6.16. The zero-order valence-corrected chi connectivity index (χ0v) is 11.7. The summed E-state index contributed by atoms with van der Waals surface area (Å²) in [5.41, 5.74) is 0.782. The van der Waals surface area contributed by atoms with Gasteiger partial charge in [0, 0.05) is 6.08 Å². The molecular weight excluding hydrogens is 340 g/mol. The first-order chi connectivity index (χ1) is 7.54. The summed E-state index contributed by atoms with van der Waals surface area (Å²) in [5, 5.41) is 8.52. The van der Waals surface area contributed by atoms with Gasteiger partial charge in [0.25, 0.3) is 0 Å². The molecule has 16 heavy (non-hydrogen) atoms. The highest BCUT2D eigenvalue weighted by Crippen LogP contribution is 2.35. The van der Waals surface area contributed by atoms with E-state index in [2.05, 4.69) is 31.9 Å². The van der Waals surface area contributed by atoms with Crippen molar-refractivity contribution >= 4 is 43.9 Å². The quantitative estimate of drug-likeness (QED) is 0.843. The molecule has 0 bridgehead atoms.